The van der Waals surface area contributed by atoms with Gasteiger partial charge in [0.15, 0.2) is 9.84 Å². The van der Waals surface area contributed by atoms with E-state index in [9.17, 15) is 8.42 Å². The van der Waals surface area contributed by atoms with Gasteiger partial charge in [-0.3, -0.25) is 4.99 Å². The monoisotopic (exact) mass is 243 g/mol. The number of ether oxygens (including phenoxy) is 1. The second kappa shape index (κ2) is 4.67. The Bertz CT molecular complexity index is 417. The predicted octanol–water partition coefficient (Wildman–Crippen LogP) is 1.19. The molecule has 2 aliphatic rings. The van der Waals surface area contributed by atoms with E-state index in [1.54, 1.807) is 6.08 Å². The highest BCUT2D eigenvalue weighted by atomic mass is 32.2. The zero-order valence-corrected chi connectivity index (χ0v) is 10.3. The average molecular weight is 243 g/mol. The van der Waals surface area contributed by atoms with Crippen LogP contribution in [0.15, 0.2) is 16.0 Å². The summed E-state index contributed by atoms with van der Waals surface area (Å²) < 4.78 is 29.3. The molecule has 4 nitrogen and oxygen atoms in total. The van der Waals surface area contributed by atoms with E-state index < -0.39 is 9.84 Å². The van der Waals surface area contributed by atoms with Crippen LogP contribution in [0.2, 0.25) is 0 Å². The van der Waals surface area contributed by atoms with E-state index in [4.69, 9.17) is 4.74 Å². The SMILES string of the molecule is CC1=NCC(S(=O)(=O)CC2CCOC2)=CC1. The van der Waals surface area contributed by atoms with Crippen molar-refractivity contribution in [2.24, 2.45) is 10.9 Å². The Hall–Kier alpha value is -0.680. The van der Waals surface area contributed by atoms with Crippen molar-refractivity contribution in [1.29, 1.82) is 0 Å². The first-order valence-corrected chi connectivity index (χ1v) is 7.22. The molecule has 2 aliphatic heterocycles. The van der Waals surface area contributed by atoms with Crippen LogP contribution in [0.1, 0.15) is 19.8 Å². The van der Waals surface area contributed by atoms with Crippen LogP contribution in [-0.4, -0.2) is 39.6 Å². The third kappa shape index (κ3) is 2.71. The fourth-order valence-corrected chi connectivity index (χ4v) is 3.66. The van der Waals surface area contributed by atoms with Gasteiger partial charge in [0.2, 0.25) is 0 Å². The third-order valence-electron chi connectivity index (χ3n) is 3.01. The fourth-order valence-electron chi connectivity index (χ4n) is 1.96. The Morgan fingerprint density at radius 2 is 2.38 bits per heavy atom. The summed E-state index contributed by atoms with van der Waals surface area (Å²) >= 11 is 0. The van der Waals surface area contributed by atoms with Gasteiger partial charge in [-0.1, -0.05) is 6.08 Å². The average Bonchev–Trinajstić information content (AvgIpc) is 2.70. The number of allylic oxidation sites excluding steroid dienone is 1. The van der Waals surface area contributed by atoms with Crippen molar-refractivity contribution in [3.8, 4) is 0 Å². The second-order valence-electron chi connectivity index (χ2n) is 4.44. The van der Waals surface area contributed by atoms with Gasteiger partial charge in [0.05, 0.1) is 23.8 Å². The quantitative estimate of drug-likeness (QED) is 0.748. The van der Waals surface area contributed by atoms with E-state index >= 15 is 0 Å². The van der Waals surface area contributed by atoms with E-state index in [-0.39, 0.29) is 11.7 Å². The molecule has 5 heteroatoms. The third-order valence-corrected chi connectivity index (χ3v) is 5.01. The molecule has 2 rings (SSSR count). The van der Waals surface area contributed by atoms with Crippen LogP contribution in [0.5, 0.6) is 0 Å². The topological polar surface area (TPSA) is 55.7 Å². The number of hydrogen-bond acceptors (Lipinski definition) is 4. The van der Waals surface area contributed by atoms with Gasteiger partial charge >= 0.3 is 0 Å². The lowest BCUT2D eigenvalue weighted by Gasteiger charge is -2.14. The Kier molecular flexibility index (Phi) is 3.44. The van der Waals surface area contributed by atoms with Crippen LogP contribution in [0, 0.1) is 5.92 Å². The number of rotatable bonds is 3. The van der Waals surface area contributed by atoms with Crippen LogP contribution in [-0.2, 0) is 14.6 Å². The standard InChI is InChI=1S/C11H17NO3S/c1-9-2-3-11(6-12-9)16(13,14)8-10-4-5-15-7-10/h3,10H,2,4-8H2,1H3. The summed E-state index contributed by atoms with van der Waals surface area (Å²) in [6.45, 7) is 3.51. The highest BCUT2D eigenvalue weighted by Gasteiger charge is 2.26. The molecule has 1 saturated heterocycles. The van der Waals surface area contributed by atoms with Gasteiger partial charge in [-0.15, -0.1) is 0 Å². The number of aliphatic imine (C=N–C) groups is 1. The van der Waals surface area contributed by atoms with Gasteiger partial charge in [-0.2, -0.15) is 0 Å². The van der Waals surface area contributed by atoms with E-state index in [0.717, 1.165) is 12.1 Å². The maximum absolute atomic E-state index is 12.1. The van der Waals surface area contributed by atoms with Gasteiger partial charge in [0, 0.05) is 18.7 Å². The van der Waals surface area contributed by atoms with Crippen molar-refractivity contribution in [1.82, 2.24) is 0 Å². The highest BCUT2D eigenvalue weighted by molar-refractivity contribution is 7.95. The number of dihydropyridines is 1. The predicted molar refractivity (Wildman–Crippen MR) is 63.4 cm³/mol. The molecule has 90 valence electrons. The minimum Gasteiger partial charge on any atom is -0.381 e. The van der Waals surface area contributed by atoms with E-state index in [2.05, 4.69) is 4.99 Å². The second-order valence-corrected chi connectivity index (χ2v) is 6.52. The van der Waals surface area contributed by atoms with Crippen molar-refractivity contribution >= 4 is 15.5 Å². The Balaban J connectivity index is 2.02. The van der Waals surface area contributed by atoms with Crippen molar-refractivity contribution < 1.29 is 13.2 Å². The summed E-state index contributed by atoms with van der Waals surface area (Å²) in [6.07, 6.45) is 3.32. The first kappa shape index (κ1) is 11.8. The molecule has 0 saturated carbocycles. The number of hydrogen-bond donors (Lipinski definition) is 0. The zero-order valence-electron chi connectivity index (χ0n) is 9.48. The van der Waals surface area contributed by atoms with E-state index in [1.165, 1.54) is 0 Å². The lowest BCUT2D eigenvalue weighted by Crippen LogP contribution is -2.20. The Morgan fingerprint density at radius 3 is 2.94 bits per heavy atom. The summed E-state index contributed by atoms with van der Waals surface area (Å²) in [5.41, 5.74) is 1.00. The summed E-state index contributed by atoms with van der Waals surface area (Å²) in [4.78, 5) is 4.68. The largest absolute Gasteiger partial charge is 0.381 e. The van der Waals surface area contributed by atoms with Crippen molar-refractivity contribution in [2.45, 2.75) is 19.8 Å². The number of sulfone groups is 1. The van der Waals surface area contributed by atoms with Crippen LogP contribution < -0.4 is 0 Å². The van der Waals surface area contributed by atoms with Crippen molar-refractivity contribution in [3.05, 3.63) is 11.0 Å². The molecule has 0 radical (unpaired) electrons. The smallest absolute Gasteiger partial charge is 0.176 e. The van der Waals surface area contributed by atoms with Crippen molar-refractivity contribution in [3.63, 3.8) is 0 Å². The molecule has 0 amide bonds. The van der Waals surface area contributed by atoms with Crippen LogP contribution in [0.25, 0.3) is 0 Å². The normalized spacial score (nSPS) is 26.4. The molecular formula is C11H17NO3S. The minimum atomic E-state index is -3.12. The van der Waals surface area contributed by atoms with Crippen LogP contribution in [0.4, 0.5) is 0 Å². The molecule has 1 fully saturated rings. The molecule has 0 aromatic rings. The molecule has 0 N–H and O–H groups in total. The maximum Gasteiger partial charge on any atom is 0.176 e. The molecule has 0 aliphatic carbocycles. The molecule has 0 aromatic heterocycles. The van der Waals surface area contributed by atoms with Gasteiger partial charge < -0.3 is 4.74 Å². The summed E-state index contributed by atoms with van der Waals surface area (Å²) in [5.74, 6) is 0.380. The Labute approximate surface area is 96.3 Å². The minimum absolute atomic E-state index is 0.165. The van der Waals surface area contributed by atoms with E-state index in [0.29, 0.717) is 31.1 Å². The lowest BCUT2D eigenvalue weighted by atomic mass is 10.2. The molecule has 0 aromatic carbocycles. The molecule has 0 bridgehead atoms. The Morgan fingerprint density at radius 1 is 1.56 bits per heavy atom. The molecular weight excluding hydrogens is 226 g/mol. The molecule has 1 atom stereocenters. The van der Waals surface area contributed by atoms with Gasteiger partial charge in [0.1, 0.15) is 0 Å². The highest BCUT2D eigenvalue weighted by Crippen LogP contribution is 2.21. The van der Waals surface area contributed by atoms with Gasteiger partial charge in [0.25, 0.3) is 0 Å². The summed E-state index contributed by atoms with van der Waals surface area (Å²) in [7, 11) is -3.12. The maximum atomic E-state index is 12.1. The van der Waals surface area contributed by atoms with E-state index in [1.807, 2.05) is 6.92 Å². The van der Waals surface area contributed by atoms with Gasteiger partial charge in [-0.05, 0) is 19.3 Å². The van der Waals surface area contributed by atoms with Gasteiger partial charge in [-0.25, -0.2) is 8.42 Å². The molecule has 0 spiro atoms. The van der Waals surface area contributed by atoms with Crippen molar-refractivity contribution in [2.75, 3.05) is 25.5 Å². The number of nitrogens with zero attached hydrogens (tertiary/aromatic N) is 1. The summed E-state index contributed by atoms with van der Waals surface area (Å²) in [6, 6.07) is 0. The first-order chi connectivity index (χ1) is 7.58. The fraction of sp³-hybridized carbons (Fsp3) is 0.727. The summed E-state index contributed by atoms with van der Waals surface area (Å²) in [5, 5.41) is 0. The zero-order chi connectivity index (χ0) is 11.6. The van der Waals surface area contributed by atoms with Crippen LogP contribution in [0.3, 0.4) is 0 Å². The molecule has 2 heterocycles. The lowest BCUT2D eigenvalue weighted by molar-refractivity contribution is 0.188. The molecule has 16 heavy (non-hydrogen) atoms. The molecule has 1 unspecified atom stereocenters. The van der Waals surface area contributed by atoms with Crippen LogP contribution >= 0.6 is 0 Å². The first-order valence-electron chi connectivity index (χ1n) is 5.57.